The van der Waals surface area contributed by atoms with Gasteiger partial charge in [0, 0.05) is 0 Å². The molecule has 1 unspecified atom stereocenters. The van der Waals surface area contributed by atoms with Gasteiger partial charge in [-0.3, -0.25) is 0 Å². The van der Waals surface area contributed by atoms with Crippen LogP contribution in [0.2, 0.25) is 0 Å². The molecule has 2 nitrogen and oxygen atoms in total. The van der Waals surface area contributed by atoms with Crippen LogP contribution in [0.15, 0.2) is 23.1 Å². The molecule has 0 radical (unpaired) electrons. The summed E-state index contributed by atoms with van der Waals surface area (Å²) in [4.78, 5) is -0.177. The van der Waals surface area contributed by atoms with E-state index in [4.69, 9.17) is 0 Å². The minimum atomic E-state index is -4.54. The first-order valence-corrected chi connectivity index (χ1v) is 8.13. The van der Waals surface area contributed by atoms with Crippen molar-refractivity contribution < 1.29 is 21.6 Å². The van der Waals surface area contributed by atoms with Crippen molar-refractivity contribution in [1.29, 1.82) is 0 Å². The first-order chi connectivity index (χ1) is 9.16. The van der Waals surface area contributed by atoms with Crippen LogP contribution >= 0.6 is 0 Å². The zero-order valence-corrected chi connectivity index (χ0v) is 12.6. The van der Waals surface area contributed by atoms with Crippen LogP contribution in [0.3, 0.4) is 0 Å². The molecule has 1 rings (SSSR count). The van der Waals surface area contributed by atoms with E-state index in [1.807, 2.05) is 0 Å². The number of halogens is 3. The number of hydrogen-bond acceptors (Lipinski definition) is 2. The fourth-order valence-corrected chi connectivity index (χ4v) is 3.74. The molecule has 0 aromatic heterocycles. The molecule has 114 valence electrons. The molecule has 0 saturated heterocycles. The molecule has 20 heavy (non-hydrogen) atoms. The highest BCUT2D eigenvalue weighted by Gasteiger charge is 2.36. The largest absolute Gasteiger partial charge is 0.416 e. The second-order valence-electron chi connectivity index (χ2n) is 4.79. The lowest BCUT2D eigenvalue weighted by Gasteiger charge is -2.19. The Balaban J connectivity index is 3.56. The molecule has 0 aliphatic heterocycles. The number of rotatable bonds is 5. The van der Waals surface area contributed by atoms with E-state index in [0.29, 0.717) is 12.8 Å². The average molecular weight is 308 g/mol. The monoisotopic (exact) mass is 308 g/mol. The number of alkyl halides is 3. The quantitative estimate of drug-likeness (QED) is 0.815. The van der Waals surface area contributed by atoms with Gasteiger partial charge in [-0.2, -0.15) is 13.2 Å². The summed E-state index contributed by atoms with van der Waals surface area (Å²) in [6.07, 6.45) is -3.62. The van der Waals surface area contributed by atoms with E-state index in [0.717, 1.165) is 12.1 Å². The van der Waals surface area contributed by atoms with Gasteiger partial charge in [0.05, 0.1) is 15.7 Å². The highest BCUT2D eigenvalue weighted by atomic mass is 32.2. The normalized spacial score (nSPS) is 14.3. The molecule has 0 spiro atoms. The van der Waals surface area contributed by atoms with Crippen LogP contribution in [0.4, 0.5) is 13.2 Å². The Morgan fingerprint density at radius 3 is 2.25 bits per heavy atom. The van der Waals surface area contributed by atoms with Crippen molar-refractivity contribution in [3.8, 4) is 0 Å². The molecule has 0 bridgehead atoms. The third-order valence-electron chi connectivity index (χ3n) is 3.35. The SMILES string of the molecule is CCCc1c(C(F)(F)F)cccc1S(=O)(=O)C(C)CC. The van der Waals surface area contributed by atoms with Crippen LogP contribution in [0.5, 0.6) is 0 Å². The van der Waals surface area contributed by atoms with Crippen LogP contribution in [-0.2, 0) is 22.4 Å². The fourth-order valence-electron chi connectivity index (χ4n) is 2.04. The predicted octanol–water partition coefficient (Wildman–Crippen LogP) is 4.23. The topological polar surface area (TPSA) is 34.1 Å². The second kappa shape index (κ2) is 6.16. The van der Waals surface area contributed by atoms with E-state index in [1.54, 1.807) is 13.8 Å². The molecule has 1 aromatic rings. The standard InChI is InChI=1S/C14H19F3O2S/c1-4-7-11-12(14(15,16)17)8-6-9-13(11)20(18,19)10(3)5-2/h6,8-10H,4-5,7H2,1-3H3. The molecule has 0 aliphatic rings. The maximum atomic E-state index is 13.0. The maximum Gasteiger partial charge on any atom is 0.416 e. The second-order valence-corrected chi connectivity index (χ2v) is 7.13. The van der Waals surface area contributed by atoms with Crippen LogP contribution in [0, 0.1) is 0 Å². The van der Waals surface area contributed by atoms with Crippen LogP contribution in [0.25, 0.3) is 0 Å². The summed E-state index contributed by atoms with van der Waals surface area (Å²) in [6, 6.07) is 3.39. The van der Waals surface area contributed by atoms with Gasteiger partial charge < -0.3 is 0 Å². The van der Waals surface area contributed by atoms with Crippen molar-refractivity contribution in [1.82, 2.24) is 0 Å². The van der Waals surface area contributed by atoms with Crippen molar-refractivity contribution in [3.63, 3.8) is 0 Å². The highest BCUT2D eigenvalue weighted by molar-refractivity contribution is 7.92. The minimum absolute atomic E-state index is 0.0979. The minimum Gasteiger partial charge on any atom is -0.223 e. The molecular weight excluding hydrogens is 289 g/mol. The van der Waals surface area contributed by atoms with Crippen molar-refractivity contribution >= 4 is 9.84 Å². The lowest BCUT2D eigenvalue weighted by atomic mass is 10.0. The summed E-state index contributed by atoms with van der Waals surface area (Å²) < 4.78 is 63.8. The third kappa shape index (κ3) is 3.34. The molecule has 0 fully saturated rings. The zero-order valence-electron chi connectivity index (χ0n) is 11.8. The Hall–Kier alpha value is -1.04. The van der Waals surface area contributed by atoms with Gasteiger partial charge in [0.2, 0.25) is 0 Å². The van der Waals surface area contributed by atoms with Gasteiger partial charge in [-0.15, -0.1) is 0 Å². The Kier molecular flexibility index (Phi) is 5.24. The van der Waals surface area contributed by atoms with Crippen LogP contribution in [-0.4, -0.2) is 13.7 Å². The van der Waals surface area contributed by atoms with Crippen LogP contribution in [0.1, 0.15) is 44.7 Å². The first-order valence-electron chi connectivity index (χ1n) is 6.59. The van der Waals surface area contributed by atoms with E-state index in [2.05, 4.69) is 0 Å². The smallest absolute Gasteiger partial charge is 0.223 e. The summed E-state index contributed by atoms with van der Waals surface area (Å²) in [6.45, 7) is 4.95. The lowest BCUT2D eigenvalue weighted by Crippen LogP contribution is -2.21. The number of sulfone groups is 1. The Morgan fingerprint density at radius 2 is 1.80 bits per heavy atom. The van der Waals surface area contributed by atoms with Gasteiger partial charge in [0.15, 0.2) is 9.84 Å². The zero-order chi connectivity index (χ0) is 15.6. The van der Waals surface area contributed by atoms with E-state index in [1.165, 1.54) is 13.0 Å². The summed E-state index contributed by atoms with van der Waals surface area (Å²) in [5.74, 6) is 0. The van der Waals surface area contributed by atoms with Gasteiger partial charge in [0.25, 0.3) is 0 Å². The van der Waals surface area contributed by atoms with Gasteiger partial charge in [-0.25, -0.2) is 8.42 Å². The van der Waals surface area contributed by atoms with Gasteiger partial charge in [-0.05, 0) is 37.5 Å². The predicted molar refractivity (Wildman–Crippen MR) is 72.4 cm³/mol. The molecule has 1 aromatic carbocycles. The van der Waals surface area contributed by atoms with E-state index in [9.17, 15) is 21.6 Å². The molecule has 6 heteroatoms. The summed E-state index contributed by atoms with van der Waals surface area (Å²) >= 11 is 0. The van der Waals surface area contributed by atoms with Gasteiger partial charge in [-0.1, -0.05) is 26.3 Å². The van der Waals surface area contributed by atoms with E-state index >= 15 is 0 Å². The molecule has 0 N–H and O–H groups in total. The lowest BCUT2D eigenvalue weighted by molar-refractivity contribution is -0.138. The van der Waals surface area contributed by atoms with Crippen molar-refractivity contribution in [2.24, 2.45) is 0 Å². The van der Waals surface area contributed by atoms with E-state index in [-0.39, 0.29) is 16.9 Å². The fraction of sp³-hybridized carbons (Fsp3) is 0.571. The van der Waals surface area contributed by atoms with Gasteiger partial charge in [0.1, 0.15) is 0 Å². The van der Waals surface area contributed by atoms with Gasteiger partial charge >= 0.3 is 6.18 Å². The van der Waals surface area contributed by atoms with Crippen molar-refractivity contribution in [2.75, 3.05) is 0 Å². The summed E-state index contributed by atoms with van der Waals surface area (Å²) in [7, 11) is -3.72. The summed E-state index contributed by atoms with van der Waals surface area (Å²) in [5, 5.41) is -0.693. The number of hydrogen-bond donors (Lipinski definition) is 0. The average Bonchev–Trinajstić information content (AvgIpc) is 2.36. The number of benzene rings is 1. The van der Waals surface area contributed by atoms with E-state index < -0.39 is 26.8 Å². The highest BCUT2D eigenvalue weighted by Crippen LogP contribution is 2.36. The molecular formula is C14H19F3O2S. The molecule has 0 amide bonds. The molecule has 0 saturated carbocycles. The Labute approximate surface area is 117 Å². The Bertz CT molecular complexity index is 562. The summed E-state index contributed by atoms with van der Waals surface area (Å²) in [5.41, 5.74) is -0.952. The van der Waals surface area contributed by atoms with Crippen molar-refractivity contribution in [2.45, 2.75) is 56.4 Å². The van der Waals surface area contributed by atoms with Crippen molar-refractivity contribution in [3.05, 3.63) is 29.3 Å². The third-order valence-corrected chi connectivity index (χ3v) is 5.74. The molecule has 0 heterocycles. The Morgan fingerprint density at radius 1 is 1.20 bits per heavy atom. The molecule has 1 atom stereocenters. The molecule has 0 aliphatic carbocycles. The maximum absolute atomic E-state index is 13.0. The van der Waals surface area contributed by atoms with Crippen LogP contribution < -0.4 is 0 Å². The first kappa shape index (κ1) is 17.0.